The second kappa shape index (κ2) is 12.6. The second-order valence-corrected chi connectivity index (χ2v) is 15.8. The molecule has 5 aliphatic rings. The van der Waals surface area contributed by atoms with E-state index in [1.54, 1.807) is 17.7 Å². The van der Waals surface area contributed by atoms with Crippen molar-refractivity contribution in [3.8, 4) is 22.8 Å². The van der Waals surface area contributed by atoms with Crippen molar-refractivity contribution >= 4 is 40.1 Å². The minimum Gasteiger partial charge on any atom is -0.371 e. The molecule has 4 aliphatic heterocycles. The molecule has 1 unspecified atom stereocenters. The highest BCUT2D eigenvalue weighted by Gasteiger charge is 2.50. The van der Waals surface area contributed by atoms with E-state index in [0.717, 1.165) is 86.8 Å². The molecule has 5 aromatic rings. The molecule has 10 rings (SSSR count). The van der Waals surface area contributed by atoms with E-state index in [9.17, 15) is 19.2 Å². The van der Waals surface area contributed by atoms with E-state index in [0.29, 0.717) is 41.5 Å². The summed E-state index contributed by atoms with van der Waals surface area (Å²) >= 11 is 0. The van der Waals surface area contributed by atoms with Crippen molar-refractivity contribution in [2.75, 3.05) is 62.2 Å². The summed E-state index contributed by atoms with van der Waals surface area (Å²) in [4.78, 5) is 69.4. The van der Waals surface area contributed by atoms with Gasteiger partial charge in [0.2, 0.25) is 11.8 Å². The Balaban J connectivity index is 0.747. The van der Waals surface area contributed by atoms with Gasteiger partial charge in [0.05, 0.1) is 28.5 Å². The molecule has 1 saturated carbocycles. The molecule has 3 aromatic heterocycles. The van der Waals surface area contributed by atoms with Crippen LogP contribution in [-0.4, -0.2) is 99.1 Å². The third kappa shape index (κ3) is 5.70. The fourth-order valence-corrected chi connectivity index (χ4v) is 8.93. The van der Waals surface area contributed by atoms with Gasteiger partial charge in [0.25, 0.3) is 5.91 Å². The number of aromatic amines is 1. The first-order valence-corrected chi connectivity index (χ1v) is 19.1. The number of carbonyl (C=O) groups excluding carboxylic acids is 3. The summed E-state index contributed by atoms with van der Waals surface area (Å²) in [5.41, 5.74) is 6.22. The number of anilines is 2. The minimum atomic E-state index is -0.693. The fraction of sp³-hybridized carbons (Fsp3) is 0.400. The van der Waals surface area contributed by atoms with Gasteiger partial charge in [-0.1, -0.05) is 0 Å². The number of aromatic nitrogens is 5. The molecule has 14 nitrogen and oxygen atoms in total. The van der Waals surface area contributed by atoms with Crippen LogP contribution < -0.4 is 26.1 Å². The molecule has 1 aliphatic carbocycles. The summed E-state index contributed by atoms with van der Waals surface area (Å²) in [6.45, 7) is 7.25. The molecule has 2 aromatic carbocycles. The summed E-state index contributed by atoms with van der Waals surface area (Å²) in [7, 11) is 1.72. The average Bonchev–Trinajstić information content (AvgIpc) is 3.74. The number of H-pyrrole nitrogens is 1. The van der Waals surface area contributed by atoms with Gasteiger partial charge in [0.15, 0.2) is 11.6 Å². The molecule has 7 heterocycles. The van der Waals surface area contributed by atoms with Crippen molar-refractivity contribution in [1.29, 1.82) is 0 Å². The molecule has 3 saturated heterocycles. The maximum atomic E-state index is 15.0. The molecule has 4 fully saturated rings. The van der Waals surface area contributed by atoms with Crippen LogP contribution in [0.3, 0.4) is 0 Å². The quantitative estimate of drug-likeness (QED) is 0.214. The van der Waals surface area contributed by atoms with E-state index >= 15 is 4.39 Å². The minimum absolute atomic E-state index is 0.0629. The van der Waals surface area contributed by atoms with Gasteiger partial charge >= 0.3 is 5.69 Å². The van der Waals surface area contributed by atoms with E-state index < -0.39 is 17.8 Å². The van der Waals surface area contributed by atoms with Crippen LogP contribution in [0.15, 0.2) is 59.5 Å². The number of hydrogen-bond acceptors (Lipinski definition) is 9. The molecule has 1 atom stereocenters. The van der Waals surface area contributed by atoms with Crippen molar-refractivity contribution in [3.63, 3.8) is 0 Å². The zero-order valence-corrected chi connectivity index (χ0v) is 30.5. The number of amides is 3. The summed E-state index contributed by atoms with van der Waals surface area (Å²) in [5, 5.41) is 5.33. The molecule has 1 spiro atoms. The van der Waals surface area contributed by atoms with Crippen LogP contribution >= 0.6 is 0 Å². The number of hydrogen-bond donors (Lipinski definition) is 3. The maximum Gasteiger partial charge on any atom is 0.329 e. The summed E-state index contributed by atoms with van der Waals surface area (Å²) in [6.07, 6.45) is 3.72. The van der Waals surface area contributed by atoms with Crippen molar-refractivity contribution in [2.45, 2.75) is 37.1 Å². The van der Waals surface area contributed by atoms with Gasteiger partial charge in [-0.15, -0.1) is 0 Å². The van der Waals surface area contributed by atoms with Gasteiger partial charge in [-0.25, -0.2) is 19.2 Å². The van der Waals surface area contributed by atoms with Gasteiger partial charge in [-0.05, 0) is 67.8 Å². The molecule has 0 bridgehead atoms. The first-order chi connectivity index (χ1) is 26.6. The van der Waals surface area contributed by atoms with Crippen LogP contribution in [0, 0.1) is 11.7 Å². The lowest BCUT2D eigenvalue weighted by Crippen LogP contribution is -2.55. The first-order valence-electron chi connectivity index (χ1n) is 19.1. The van der Waals surface area contributed by atoms with Crippen LogP contribution in [-0.2, 0) is 22.1 Å². The van der Waals surface area contributed by atoms with E-state index in [2.05, 4.69) is 52.4 Å². The number of imide groups is 1. The number of fused-ring (bicyclic) bond motifs is 3. The lowest BCUT2D eigenvalue weighted by atomic mass is 9.95. The predicted molar refractivity (Wildman–Crippen MR) is 203 cm³/mol. The lowest BCUT2D eigenvalue weighted by molar-refractivity contribution is -0.135. The van der Waals surface area contributed by atoms with Crippen molar-refractivity contribution in [1.82, 2.24) is 39.6 Å². The number of rotatable bonds is 7. The standard InChI is InChI=1S/C40H41FN10O4/c1-47-32-16-26(6-7-30(32)51(39(47)55)31-8-9-33(52)45-38(31)54)50-20-23(21-50)19-48-12-14-49(15-13-48)25-4-2-24(3-5-25)36-42-18-28(41)34(46-36)29-17-27-35(44-29)40(10-11-40)22-43-37(27)53/h2-7,16-18,23,31,44H,8-15,19-22H2,1H3,(H,43,53)(H,45,52,54). The van der Waals surface area contributed by atoms with Crippen molar-refractivity contribution in [2.24, 2.45) is 13.0 Å². The van der Waals surface area contributed by atoms with Crippen LogP contribution in [0.4, 0.5) is 15.8 Å². The number of imidazole rings is 1. The number of aryl methyl sites for hydroxylation is 1. The number of halogens is 1. The smallest absolute Gasteiger partial charge is 0.329 e. The largest absolute Gasteiger partial charge is 0.371 e. The first kappa shape index (κ1) is 33.7. The summed E-state index contributed by atoms with van der Waals surface area (Å²) in [5.74, 6) is -0.437. The van der Waals surface area contributed by atoms with Gasteiger partial charge in [-0.3, -0.25) is 33.7 Å². The number of piperazine rings is 1. The Kier molecular flexibility index (Phi) is 7.73. The van der Waals surface area contributed by atoms with E-state index in [1.807, 2.05) is 30.3 Å². The normalized spacial score (nSPS) is 21.1. The highest BCUT2D eigenvalue weighted by atomic mass is 19.1. The van der Waals surface area contributed by atoms with Crippen LogP contribution in [0.2, 0.25) is 0 Å². The Labute approximate surface area is 315 Å². The number of benzene rings is 2. The van der Waals surface area contributed by atoms with E-state index in [4.69, 9.17) is 0 Å². The molecule has 3 amide bonds. The summed E-state index contributed by atoms with van der Waals surface area (Å²) in [6, 6.07) is 15.1. The molecule has 15 heteroatoms. The molecule has 3 N–H and O–H groups in total. The molecule has 0 radical (unpaired) electrons. The summed E-state index contributed by atoms with van der Waals surface area (Å²) < 4.78 is 18.1. The zero-order valence-electron chi connectivity index (χ0n) is 30.5. The van der Waals surface area contributed by atoms with Gasteiger partial charge in [0, 0.05) is 99.8 Å². The Hall–Kier alpha value is -5.83. The van der Waals surface area contributed by atoms with Crippen molar-refractivity contribution in [3.05, 3.63) is 82.3 Å². The van der Waals surface area contributed by atoms with Gasteiger partial charge in [0.1, 0.15) is 11.7 Å². The van der Waals surface area contributed by atoms with Gasteiger partial charge in [-0.2, -0.15) is 0 Å². The van der Waals surface area contributed by atoms with Crippen LogP contribution in [0.25, 0.3) is 33.8 Å². The third-order valence-electron chi connectivity index (χ3n) is 12.3. The zero-order chi connectivity index (χ0) is 37.6. The number of piperidine rings is 1. The fourth-order valence-electron chi connectivity index (χ4n) is 8.93. The maximum absolute atomic E-state index is 15.0. The Morgan fingerprint density at radius 2 is 1.67 bits per heavy atom. The third-order valence-corrected chi connectivity index (χ3v) is 12.3. The van der Waals surface area contributed by atoms with Crippen LogP contribution in [0.5, 0.6) is 0 Å². The number of nitrogens with one attached hydrogen (secondary N) is 3. The average molecular weight is 745 g/mol. The van der Waals surface area contributed by atoms with E-state index in [-0.39, 0.29) is 35.0 Å². The number of nitrogens with zero attached hydrogens (tertiary/aromatic N) is 7. The predicted octanol–water partition coefficient (Wildman–Crippen LogP) is 2.94. The van der Waals surface area contributed by atoms with E-state index in [1.165, 1.54) is 10.8 Å². The Morgan fingerprint density at radius 3 is 2.42 bits per heavy atom. The molecule has 55 heavy (non-hydrogen) atoms. The van der Waals surface area contributed by atoms with Gasteiger partial charge < -0.3 is 20.1 Å². The Morgan fingerprint density at radius 1 is 0.909 bits per heavy atom. The van der Waals surface area contributed by atoms with Crippen molar-refractivity contribution < 1.29 is 18.8 Å². The lowest BCUT2D eigenvalue weighted by Gasteiger charge is -2.45. The highest BCUT2D eigenvalue weighted by Crippen LogP contribution is 2.50. The monoisotopic (exact) mass is 744 g/mol. The molecule has 282 valence electrons. The SMILES string of the molecule is Cn1c(=O)n(C2CCC(=O)NC2=O)c2ccc(N3CC(CN4CCN(c5ccc(-c6ncc(F)c(-c7cc8c([nH]7)C7(CC7)CNC8=O)n6)cc5)CC4)C3)cc21. The van der Waals surface area contributed by atoms with Crippen LogP contribution in [0.1, 0.15) is 47.8 Å². The molecular weight excluding hydrogens is 704 g/mol. The molecular formula is C40H41FN10O4. The topological polar surface area (TPSA) is 153 Å². The highest BCUT2D eigenvalue weighted by molar-refractivity contribution is 6.00. The Bertz CT molecular complexity index is 2450. The number of carbonyl (C=O) groups is 3. The second-order valence-electron chi connectivity index (χ2n) is 15.8.